The van der Waals surface area contributed by atoms with E-state index in [1.807, 2.05) is 18.2 Å². The van der Waals surface area contributed by atoms with Crippen LogP contribution in [0.3, 0.4) is 0 Å². The Morgan fingerprint density at radius 3 is 2.85 bits per heavy atom. The third-order valence-corrected chi connectivity index (χ3v) is 2.95. The number of aliphatic hydroxyl groups is 1. The Morgan fingerprint density at radius 1 is 1.25 bits per heavy atom. The fourth-order valence-corrected chi connectivity index (χ4v) is 1.94. The van der Waals surface area contributed by atoms with E-state index in [9.17, 15) is 5.11 Å². The van der Waals surface area contributed by atoms with Crippen molar-refractivity contribution in [2.45, 2.75) is 26.6 Å². The van der Waals surface area contributed by atoms with Gasteiger partial charge in [0.15, 0.2) is 11.5 Å². The Labute approximate surface area is 119 Å². The molecule has 1 heterocycles. The molecule has 0 radical (unpaired) electrons. The highest BCUT2D eigenvalue weighted by Crippen LogP contribution is 2.32. The molecule has 5 heteroatoms. The summed E-state index contributed by atoms with van der Waals surface area (Å²) in [6, 6.07) is 5.73. The molecular formula is C15H23NO4. The SMILES string of the molecule is CC(C)CNCC(O)COCc1ccc2c(c1)OCO2. The van der Waals surface area contributed by atoms with E-state index < -0.39 is 6.10 Å². The average Bonchev–Trinajstić information content (AvgIpc) is 2.85. The number of ether oxygens (including phenoxy) is 3. The molecule has 1 unspecified atom stereocenters. The van der Waals surface area contributed by atoms with Crippen LogP contribution in [0.4, 0.5) is 0 Å². The van der Waals surface area contributed by atoms with Crippen LogP contribution in [0.2, 0.25) is 0 Å². The van der Waals surface area contributed by atoms with Crippen molar-refractivity contribution >= 4 is 0 Å². The first-order chi connectivity index (χ1) is 9.65. The van der Waals surface area contributed by atoms with Crippen LogP contribution in [0.25, 0.3) is 0 Å². The molecule has 5 nitrogen and oxygen atoms in total. The fourth-order valence-electron chi connectivity index (χ4n) is 1.94. The van der Waals surface area contributed by atoms with Gasteiger partial charge in [-0.3, -0.25) is 0 Å². The summed E-state index contributed by atoms with van der Waals surface area (Å²) < 4.78 is 16.1. The second kappa shape index (κ2) is 7.47. The monoisotopic (exact) mass is 281 g/mol. The summed E-state index contributed by atoms with van der Waals surface area (Å²) in [4.78, 5) is 0. The average molecular weight is 281 g/mol. The van der Waals surface area contributed by atoms with E-state index >= 15 is 0 Å². The van der Waals surface area contributed by atoms with Gasteiger partial charge in [-0.1, -0.05) is 19.9 Å². The summed E-state index contributed by atoms with van der Waals surface area (Å²) in [5.41, 5.74) is 1.01. The van der Waals surface area contributed by atoms with Crippen LogP contribution in [0, 0.1) is 5.92 Å². The smallest absolute Gasteiger partial charge is 0.231 e. The highest BCUT2D eigenvalue weighted by atomic mass is 16.7. The van der Waals surface area contributed by atoms with Gasteiger partial charge in [0, 0.05) is 6.54 Å². The Bertz CT molecular complexity index is 422. The largest absolute Gasteiger partial charge is 0.454 e. The summed E-state index contributed by atoms with van der Waals surface area (Å²) in [6.07, 6.45) is -0.484. The van der Waals surface area contributed by atoms with Crippen molar-refractivity contribution in [1.29, 1.82) is 0 Å². The van der Waals surface area contributed by atoms with E-state index in [2.05, 4.69) is 19.2 Å². The van der Waals surface area contributed by atoms with Crippen LogP contribution in [-0.4, -0.2) is 37.7 Å². The number of fused-ring (bicyclic) bond motifs is 1. The minimum Gasteiger partial charge on any atom is -0.454 e. The summed E-state index contributed by atoms with van der Waals surface area (Å²) in [5.74, 6) is 2.11. The zero-order chi connectivity index (χ0) is 14.4. The van der Waals surface area contributed by atoms with E-state index in [4.69, 9.17) is 14.2 Å². The first-order valence-corrected chi connectivity index (χ1v) is 7.00. The van der Waals surface area contributed by atoms with Crippen LogP contribution in [-0.2, 0) is 11.3 Å². The van der Waals surface area contributed by atoms with Gasteiger partial charge in [0.2, 0.25) is 6.79 Å². The Balaban J connectivity index is 1.65. The molecule has 1 atom stereocenters. The van der Waals surface area contributed by atoms with E-state index in [1.165, 1.54) is 0 Å². The van der Waals surface area contributed by atoms with Gasteiger partial charge in [-0.2, -0.15) is 0 Å². The molecule has 0 fully saturated rings. The lowest BCUT2D eigenvalue weighted by Crippen LogP contribution is -2.32. The van der Waals surface area contributed by atoms with E-state index in [-0.39, 0.29) is 6.79 Å². The normalized spacial score (nSPS) is 14.8. The van der Waals surface area contributed by atoms with Crippen LogP contribution in [0.5, 0.6) is 11.5 Å². The maximum atomic E-state index is 9.76. The summed E-state index contributed by atoms with van der Waals surface area (Å²) in [7, 11) is 0. The second-order valence-electron chi connectivity index (χ2n) is 5.41. The van der Waals surface area contributed by atoms with Crippen molar-refractivity contribution in [2.24, 2.45) is 5.92 Å². The molecule has 0 spiro atoms. The van der Waals surface area contributed by atoms with Gasteiger partial charge in [-0.25, -0.2) is 0 Å². The number of hydrogen-bond acceptors (Lipinski definition) is 5. The second-order valence-corrected chi connectivity index (χ2v) is 5.41. The van der Waals surface area contributed by atoms with Gasteiger partial charge >= 0.3 is 0 Å². The van der Waals surface area contributed by atoms with Crippen molar-refractivity contribution in [3.63, 3.8) is 0 Å². The number of aliphatic hydroxyl groups excluding tert-OH is 1. The molecule has 1 aromatic carbocycles. The third-order valence-electron chi connectivity index (χ3n) is 2.95. The van der Waals surface area contributed by atoms with Gasteiger partial charge in [-0.05, 0) is 30.2 Å². The van der Waals surface area contributed by atoms with E-state index in [0.29, 0.717) is 25.7 Å². The van der Waals surface area contributed by atoms with Crippen molar-refractivity contribution < 1.29 is 19.3 Å². The summed E-state index contributed by atoms with van der Waals surface area (Å²) >= 11 is 0. The number of benzene rings is 1. The predicted molar refractivity (Wildman–Crippen MR) is 75.9 cm³/mol. The number of rotatable bonds is 8. The first-order valence-electron chi connectivity index (χ1n) is 7.00. The van der Waals surface area contributed by atoms with Crippen LogP contribution >= 0.6 is 0 Å². The van der Waals surface area contributed by atoms with Crippen molar-refractivity contribution in [2.75, 3.05) is 26.5 Å². The Kier molecular flexibility index (Phi) is 5.64. The maximum Gasteiger partial charge on any atom is 0.231 e. The Hall–Kier alpha value is -1.30. The number of nitrogens with one attached hydrogen (secondary N) is 1. The van der Waals surface area contributed by atoms with Crippen molar-refractivity contribution in [3.05, 3.63) is 23.8 Å². The van der Waals surface area contributed by atoms with Gasteiger partial charge in [0.05, 0.1) is 19.3 Å². The molecule has 2 N–H and O–H groups in total. The molecule has 0 saturated heterocycles. The molecule has 0 saturated carbocycles. The topological polar surface area (TPSA) is 60.0 Å². The van der Waals surface area contributed by atoms with Crippen LogP contribution in [0.1, 0.15) is 19.4 Å². The Morgan fingerprint density at radius 2 is 2.05 bits per heavy atom. The van der Waals surface area contributed by atoms with Crippen molar-refractivity contribution in [1.82, 2.24) is 5.32 Å². The molecule has 112 valence electrons. The van der Waals surface area contributed by atoms with E-state index in [1.54, 1.807) is 0 Å². The predicted octanol–water partition coefficient (Wildman–Crippen LogP) is 1.54. The molecule has 1 aliphatic rings. The third kappa shape index (κ3) is 4.67. The fraction of sp³-hybridized carbons (Fsp3) is 0.600. The van der Waals surface area contributed by atoms with Crippen LogP contribution < -0.4 is 14.8 Å². The molecule has 2 rings (SSSR count). The lowest BCUT2D eigenvalue weighted by atomic mass is 10.2. The molecule has 0 bridgehead atoms. The van der Waals surface area contributed by atoms with Gasteiger partial charge in [-0.15, -0.1) is 0 Å². The zero-order valence-corrected chi connectivity index (χ0v) is 12.1. The van der Waals surface area contributed by atoms with Gasteiger partial charge in [0.1, 0.15) is 0 Å². The minimum absolute atomic E-state index is 0.278. The summed E-state index contributed by atoms with van der Waals surface area (Å²) in [5, 5.41) is 13.0. The highest BCUT2D eigenvalue weighted by molar-refractivity contribution is 5.44. The van der Waals surface area contributed by atoms with E-state index in [0.717, 1.165) is 23.6 Å². The first kappa shape index (κ1) is 15.1. The molecule has 0 aromatic heterocycles. The molecule has 1 aromatic rings. The maximum absolute atomic E-state index is 9.76. The standard InChI is InChI=1S/C15H23NO4/c1-11(2)6-16-7-13(17)9-18-8-12-3-4-14-15(5-12)20-10-19-14/h3-5,11,13,16-17H,6-10H2,1-2H3. The highest BCUT2D eigenvalue weighted by Gasteiger charge is 2.13. The lowest BCUT2D eigenvalue weighted by molar-refractivity contribution is 0.0286. The molecule has 0 aliphatic carbocycles. The summed E-state index contributed by atoms with van der Waals surface area (Å²) in [6.45, 7) is 6.78. The van der Waals surface area contributed by atoms with Gasteiger partial charge in [0.25, 0.3) is 0 Å². The molecular weight excluding hydrogens is 258 g/mol. The van der Waals surface area contributed by atoms with Gasteiger partial charge < -0.3 is 24.6 Å². The zero-order valence-electron chi connectivity index (χ0n) is 12.1. The van der Waals surface area contributed by atoms with Crippen LogP contribution in [0.15, 0.2) is 18.2 Å². The van der Waals surface area contributed by atoms with Crippen molar-refractivity contribution in [3.8, 4) is 11.5 Å². The lowest BCUT2D eigenvalue weighted by Gasteiger charge is -2.13. The quantitative estimate of drug-likeness (QED) is 0.757. The molecule has 20 heavy (non-hydrogen) atoms. The minimum atomic E-state index is -0.484. The molecule has 0 amide bonds. The molecule has 1 aliphatic heterocycles. The number of hydrogen-bond donors (Lipinski definition) is 2.